The van der Waals surface area contributed by atoms with E-state index >= 15 is 0 Å². The lowest BCUT2D eigenvalue weighted by Gasteiger charge is -2.21. The zero-order valence-corrected chi connectivity index (χ0v) is 7.67. The highest BCUT2D eigenvalue weighted by Crippen LogP contribution is 2.65. The van der Waals surface area contributed by atoms with Crippen molar-refractivity contribution in [3.8, 4) is 0 Å². The van der Waals surface area contributed by atoms with Crippen LogP contribution in [-0.4, -0.2) is 14.7 Å². The molecule has 2 bridgehead atoms. The predicted octanol–water partition coefficient (Wildman–Crippen LogP) is 1.33. The maximum atomic E-state index is 11.5. The minimum Gasteiger partial charge on any atom is -0.259 e. The van der Waals surface area contributed by atoms with Gasteiger partial charge in [0.05, 0.1) is 10.5 Å². The van der Waals surface area contributed by atoms with Gasteiger partial charge in [0.25, 0.3) is 0 Å². The van der Waals surface area contributed by atoms with E-state index in [1.54, 1.807) is 0 Å². The standard InChI is InChI=1S/C10H12OS/c11-12-9-7-4-8(10(9)12)6-3-1-2-5(6)7/h1-2,5-10H,3-4H2/t5-,6+,7-,8+,9-,10+,12?/m1/s1. The summed E-state index contributed by atoms with van der Waals surface area (Å²) in [6.07, 6.45) is 7.44. The summed E-state index contributed by atoms with van der Waals surface area (Å²) < 4.78 is 11.5. The number of hydrogen-bond acceptors (Lipinski definition) is 1. The normalized spacial score (nSPS) is 69.8. The van der Waals surface area contributed by atoms with E-state index in [0.717, 1.165) is 23.7 Å². The van der Waals surface area contributed by atoms with Gasteiger partial charge in [-0.25, -0.2) is 0 Å². The number of rotatable bonds is 0. The summed E-state index contributed by atoms with van der Waals surface area (Å²) in [5.41, 5.74) is 0. The van der Waals surface area contributed by atoms with Gasteiger partial charge in [-0.15, -0.1) is 0 Å². The number of allylic oxidation sites excluding steroid dienone is 2. The average Bonchev–Trinajstić information content (AvgIpc) is 2.60. The first-order valence-corrected chi connectivity index (χ1v) is 6.21. The zero-order valence-electron chi connectivity index (χ0n) is 6.85. The molecule has 0 amide bonds. The van der Waals surface area contributed by atoms with Gasteiger partial charge in [0, 0.05) is 10.8 Å². The molecule has 0 N–H and O–H groups in total. The quantitative estimate of drug-likeness (QED) is 0.406. The Morgan fingerprint density at radius 3 is 2.92 bits per heavy atom. The Bertz CT molecular complexity index is 309. The molecule has 64 valence electrons. The minimum atomic E-state index is -0.398. The molecule has 2 saturated carbocycles. The highest BCUT2D eigenvalue weighted by atomic mass is 32.2. The first kappa shape index (κ1) is 6.36. The molecule has 12 heavy (non-hydrogen) atoms. The summed E-state index contributed by atoms with van der Waals surface area (Å²) >= 11 is 0. The molecule has 1 heterocycles. The second kappa shape index (κ2) is 1.72. The summed E-state index contributed by atoms with van der Waals surface area (Å²) in [7, 11) is -0.398. The Morgan fingerprint density at radius 2 is 2.00 bits per heavy atom. The smallest absolute Gasteiger partial charge is 0.0531 e. The van der Waals surface area contributed by atoms with Gasteiger partial charge in [-0.1, -0.05) is 12.2 Å². The lowest BCUT2D eigenvalue weighted by molar-refractivity contribution is 0.320. The van der Waals surface area contributed by atoms with E-state index in [2.05, 4.69) is 12.2 Å². The molecular formula is C10H12OS. The van der Waals surface area contributed by atoms with Gasteiger partial charge >= 0.3 is 0 Å². The first-order chi connectivity index (χ1) is 5.88. The summed E-state index contributed by atoms with van der Waals surface area (Å²) in [5, 5.41) is 1.29. The van der Waals surface area contributed by atoms with Crippen molar-refractivity contribution in [3.05, 3.63) is 12.2 Å². The second-order valence-electron chi connectivity index (χ2n) is 4.73. The van der Waals surface area contributed by atoms with Crippen molar-refractivity contribution in [2.75, 3.05) is 0 Å². The second-order valence-corrected chi connectivity index (χ2v) is 6.47. The third-order valence-corrected chi connectivity index (χ3v) is 6.52. The fourth-order valence-electron chi connectivity index (χ4n) is 4.04. The van der Waals surface area contributed by atoms with Crippen molar-refractivity contribution in [1.82, 2.24) is 0 Å². The fraction of sp³-hybridized carbons (Fsp3) is 0.800. The summed E-state index contributed by atoms with van der Waals surface area (Å²) in [5.74, 6) is 3.41. The van der Waals surface area contributed by atoms with Crippen LogP contribution in [0.25, 0.3) is 0 Å². The van der Waals surface area contributed by atoms with Gasteiger partial charge in [-0.05, 0) is 36.5 Å². The highest BCUT2D eigenvalue weighted by Gasteiger charge is 2.70. The molecule has 0 aromatic heterocycles. The van der Waals surface area contributed by atoms with E-state index < -0.39 is 10.8 Å². The van der Waals surface area contributed by atoms with Crippen LogP contribution in [0.4, 0.5) is 0 Å². The Kier molecular flexibility index (Phi) is 0.911. The highest BCUT2D eigenvalue weighted by molar-refractivity contribution is 7.94. The molecular weight excluding hydrogens is 168 g/mol. The summed E-state index contributed by atoms with van der Waals surface area (Å²) in [6.45, 7) is 0. The Hall–Kier alpha value is -0.110. The van der Waals surface area contributed by atoms with Gasteiger partial charge < -0.3 is 0 Å². The zero-order chi connectivity index (χ0) is 7.87. The molecule has 1 unspecified atom stereocenters. The van der Waals surface area contributed by atoms with Crippen LogP contribution in [0.15, 0.2) is 12.2 Å². The van der Waals surface area contributed by atoms with Crippen molar-refractivity contribution in [2.24, 2.45) is 23.7 Å². The van der Waals surface area contributed by atoms with Gasteiger partial charge in [-0.2, -0.15) is 0 Å². The van der Waals surface area contributed by atoms with E-state index in [-0.39, 0.29) is 0 Å². The molecule has 0 aromatic carbocycles. The van der Waals surface area contributed by atoms with Crippen molar-refractivity contribution in [3.63, 3.8) is 0 Å². The van der Waals surface area contributed by atoms with Crippen molar-refractivity contribution in [2.45, 2.75) is 23.3 Å². The molecule has 0 aromatic rings. The first-order valence-electron chi connectivity index (χ1n) is 4.94. The fourth-order valence-corrected chi connectivity index (χ4v) is 6.33. The van der Waals surface area contributed by atoms with E-state index in [4.69, 9.17) is 0 Å². The third-order valence-electron chi connectivity index (χ3n) is 4.48. The van der Waals surface area contributed by atoms with Crippen LogP contribution < -0.4 is 0 Å². The molecule has 3 fully saturated rings. The van der Waals surface area contributed by atoms with Crippen molar-refractivity contribution in [1.29, 1.82) is 0 Å². The third kappa shape index (κ3) is 0.491. The molecule has 4 aliphatic rings. The largest absolute Gasteiger partial charge is 0.259 e. The van der Waals surface area contributed by atoms with Crippen LogP contribution in [0.1, 0.15) is 12.8 Å². The molecule has 1 saturated heterocycles. The van der Waals surface area contributed by atoms with Crippen molar-refractivity contribution >= 4 is 10.8 Å². The van der Waals surface area contributed by atoms with Crippen LogP contribution in [0.5, 0.6) is 0 Å². The molecule has 1 aliphatic heterocycles. The van der Waals surface area contributed by atoms with Crippen molar-refractivity contribution < 1.29 is 4.21 Å². The molecule has 2 heteroatoms. The Balaban J connectivity index is 1.82. The van der Waals surface area contributed by atoms with Gasteiger partial charge in [-0.3, -0.25) is 4.21 Å². The molecule has 3 aliphatic carbocycles. The maximum Gasteiger partial charge on any atom is 0.0531 e. The van der Waals surface area contributed by atoms with E-state index in [1.807, 2.05) is 0 Å². The van der Waals surface area contributed by atoms with E-state index in [9.17, 15) is 4.21 Å². The molecule has 7 atom stereocenters. The van der Waals surface area contributed by atoms with Gasteiger partial charge in [0.1, 0.15) is 0 Å². The number of fused-ring (bicyclic) bond motifs is 8. The monoisotopic (exact) mass is 180 g/mol. The minimum absolute atomic E-state index is 0.398. The molecule has 1 nitrogen and oxygen atoms in total. The molecule has 0 radical (unpaired) electrons. The van der Waals surface area contributed by atoms with Crippen LogP contribution >= 0.6 is 0 Å². The molecule has 0 spiro atoms. The summed E-state index contributed by atoms with van der Waals surface area (Å²) in [4.78, 5) is 0. The van der Waals surface area contributed by atoms with Crippen LogP contribution in [-0.2, 0) is 10.8 Å². The van der Waals surface area contributed by atoms with Crippen LogP contribution in [0.2, 0.25) is 0 Å². The maximum absolute atomic E-state index is 11.5. The lowest BCUT2D eigenvalue weighted by Crippen LogP contribution is -2.23. The van der Waals surface area contributed by atoms with E-state index in [0.29, 0.717) is 10.5 Å². The average molecular weight is 180 g/mol. The predicted molar refractivity (Wildman–Crippen MR) is 48.1 cm³/mol. The van der Waals surface area contributed by atoms with Gasteiger partial charge in [0.2, 0.25) is 0 Å². The topological polar surface area (TPSA) is 17.1 Å². The van der Waals surface area contributed by atoms with Crippen LogP contribution in [0.3, 0.4) is 0 Å². The Morgan fingerprint density at radius 1 is 1.17 bits per heavy atom. The Labute approximate surface area is 74.7 Å². The van der Waals surface area contributed by atoms with E-state index in [1.165, 1.54) is 12.8 Å². The number of hydrogen-bond donors (Lipinski definition) is 0. The van der Waals surface area contributed by atoms with Crippen LogP contribution in [0, 0.1) is 23.7 Å². The van der Waals surface area contributed by atoms with Gasteiger partial charge in [0.15, 0.2) is 0 Å². The SMILES string of the molecule is O=S1[C@@H]2[C@@H]3C[C@@H]([C@H]4CC=C[C@@H]34)[C@@H]21. The summed E-state index contributed by atoms with van der Waals surface area (Å²) in [6, 6.07) is 0. The molecule has 4 rings (SSSR count). The lowest BCUT2D eigenvalue weighted by atomic mass is 9.82.